The van der Waals surface area contributed by atoms with Crippen molar-refractivity contribution in [2.24, 2.45) is 5.16 Å². The number of carbonyl (C=O) groups is 1. The summed E-state index contributed by atoms with van der Waals surface area (Å²) >= 11 is 0. The summed E-state index contributed by atoms with van der Waals surface area (Å²) in [5.41, 5.74) is 1.65. The molecule has 0 fully saturated rings. The van der Waals surface area contributed by atoms with Crippen molar-refractivity contribution in [3.63, 3.8) is 0 Å². The van der Waals surface area contributed by atoms with Crippen LogP contribution in [0.5, 0.6) is 5.75 Å². The lowest BCUT2D eigenvalue weighted by atomic mass is 10.2. The number of ether oxygens (including phenoxy) is 1. The minimum absolute atomic E-state index is 0.169. The van der Waals surface area contributed by atoms with Crippen LogP contribution >= 0.6 is 0 Å². The summed E-state index contributed by atoms with van der Waals surface area (Å²) in [6, 6.07) is 16.8. The van der Waals surface area contributed by atoms with E-state index in [1.165, 1.54) is 0 Å². The Labute approximate surface area is 157 Å². The van der Waals surface area contributed by atoms with Crippen molar-refractivity contribution in [3.8, 4) is 5.75 Å². The molecule has 3 rings (SSSR count). The molecule has 1 aromatic heterocycles. The number of fused-ring (bicyclic) bond motifs is 1. The monoisotopic (exact) mass is 366 g/mol. The molecule has 1 amide bonds. The fourth-order valence-electron chi connectivity index (χ4n) is 2.58. The smallest absolute Gasteiger partial charge is 0.261 e. The Hall–Kier alpha value is -3.28. The second kappa shape index (κ2) is 8.89. The highest BCUT2D eigenvalue weighted by Crippen LogP contribution is 2.23. The fourth-order valence-corrected chi connectivity index (χ4v) is 2.58. The number of para-hydroxylation sites is 1. The number of furan rings is 1. The molecule has 2 aromatic carbocycles. The molecule has 0 bridgehead atoms. The zero-order valence-corrected chi connectivity index (χ0v) is 15.3. The van der Waals surface area contributed by atoms with E-state index in [1.807, 2.05) is 68.4 Å². The number of rotatable bonds is 8. The minimum atomic E-state index is -0.271. The number of hydrogen-bond acceptors (Lipinski definition) is 5. The van der Waals surface area contributed by atoms with E-state index in [2.05, 4.69) is 10.5 Å². The number of amides is 1. The zero-order chi connectivity index (χ0) is 19.1. The van der Waals surface area contributed by atoms with Crippen molar-refractivity contribution in [2.75, 3.05) is 13.2 Å². The molecule has 1 unspecified atom stereocenters. The third kappa shape index (κ3) is 5.10. The first-order chi connectivity index (χ1) is 13.2. The Morgan fingerprint density at radius 1 is 1.22 bits per heavy atom. The van der Waals surface area contributed by atoms with E-state index in [0.717, 1.165) is 22.3 Å². The molecule has 0 saturated heterocycles. The van der Waals surface area contributed by atoms with Gasteiger partial charge in [0.05, 0.1) is 18.9 Å². The van der Waals surface area contributed by atoms with Gasteiger partial charge in [0.25, 0.3) is 5.91 Å². The quantitative estimate of drug-likeness (QED) is 0.482. The Bertz CT molecular complexity index is 882. The fraction of sp³-hybridized carbons (Fsp3) is 0.238. The highest BCUT2D eigenvalue weighted by atomic mass is 16.6. The first kappa shape index (κ1) is 18.5. The third-order valence-electron chi connectivity index (χ3n) is 3.91. The topological polar surface area (TPSA) is 73.1 Å². The zero-order valence-electron chi connectivity index (χ0n) is 15.3. The summed E-state index contributed by atoms with van der Waals surface area (Å²) in [4.78, 5) is 17.1. The molecule has 140 valence electrons. The van der Waals surface area contributed by atoms with Gasteiger partial charge in [0.1, 0.15) is 17.1 Å². The molecule has 0 aliphatic rings. The predicted octanol–water partition coefficient (Wildman–Crippen LogP) is 4.06. The average Bonchev–Trinajstić information content (AvgIpc) is 3.11. The number of benzene rings is 2. The van der Waals surface area contributed by atoms with Gasteiger partial charge in [-0.1, -0.05) is 23.4 Å². The third-order valence-corrected chi connectivity index (χ3v) is 3.91. The van der Waals surface area contributed by atoms with Gasteiger partial charge in [-0.3, -0.25) is 4.79 Å². The first-order valence-electron chi connectivity index (χ1n) is 8.81. The summed E-state index contributed by atoms with van der Waals surface area (Å²) in [5, 5.41) is 7.66. The Kier molecular flexibility index (Phi) is 6.10. The average molecular weight is 366 g/mol. The van der Waals surface area contributed by atoms with E-state index >= 15 is 0 Å². The van der Waals surface area contributed by atoms with Crippen LogP contribution in [-0.4, -0.2) is 25.3 Å². The van der Waals surface area contributed by atoms with Crippen LogP contribution in [-0.2, 0) is 9.63 Å². The first-order valence-corrected chi connectivity index (χ1v) is 8.81. The van der Waals surface area contributed by atoms with Crippen molar-refractivity contribution in [2.45, 2.75) is 19.9 Å². The Morgan fingerprint density at radius 2 is 2.00 bits per heavy atom. The number of carbonyl (C=O) groups excluding carboxylic acids is 1. The molecule has 0 aliphatic heterocycles. The minimum Gasteiger partial charge on any atom is -0.494 e. The second-order valence-electron chi connectivity index (χ2n) is 5.99. The normalized spacial score (nSPS) is 12.2. The van der Waals surface area contributed by atoms with Crippen LogP contribution < -0.4 is 10.1 Å². The molecular formula is C21H22N2O4. The molecular weight excluding hydrogens is 344 g/mol. The van der Waals surface area contributed by atoms with Gasteiger partial charge in [0.15, 0.2) is 6.61 Å². The summed E-state index contributed by atoms with van der Waals surface area (Å²) in [7, 11) is 0. The van der Waals surface area contributed by atoms with Crippen LogP contribution in [0.3, 0.4) is 0 Å². The van der Waals surface area contributed by atoms with E-state index in [-0.39, 0.29) is 18.6 Å². The molecule has 1 N–H and O–H groups in total. The van der Waals surface area contributed by atoms with Gasteiger partial charge in [0, 0.05) is 5.39 Å². The van der Waals surface area contributed by atoms with Gasteiger partial charge >= 0.3 is 0 Å². The maximum Gasteiger partial charge on any atom is 0.261 e. The van der Waals surface area contributed by atoms with E-state index in [4.69, 9.17) is 14.0 Å². The lowest BCUT2D eigenvalue weighted by Gasteiger charge is -2.10. The van der Waals surface area contributed by atoms with Crippen molar-refractivity contribution < 1.29 is 18.8 Å². The molecule has 3 aromatic rings. The molecule has 6 heteroatoms. The molecule has 1 heterocycles. The van der Waals surface area contributed by atoms with E-state index < -0.39 is 0 Å². The SMILES string of the molecule is CCOc1ccc(/C=N/OCC(=O)NC(C)c2cc3ccccc3o2)cc1. The highest BCUT2D eigenvalue weighted by molar-refractivity contribution is 5.80. The summed E-state index contributed by atoms with van der Waals surface area (Å²) < 4.78 is 11.1. The van der Waals surface area contributed by atoms with Gasteiger partial charge in [0.2, 0.25) is 0 Å². The van der Waals surface area contributed by atoms with Gasteiger partial charge in [-0.15, -0.1) is 0 Å². The summed E-state index contributed by atoms with van der Waals surface area (Å²) in [5.74, 6) is 1.23. The van der Waals surface area contributed by atoms with Crippen LogP contribution in [0.15, 0.2) is 64.2 Å². The van der Waals surface area contributed by atoms with E-state index in [9.17, 15) is 4.79 Å². The van der Waals surface area contributed by atoms with Gasteiger partial charge in [-0.05, 0) is 55.8 Å². The maximum atomic E-state index is 12.0. The van der Waals surface area contributed by atoms with Crippen LogP contribution in [0.4, 0.5) is 0 Å². The summed E-state index contributed by atoms with van der Waals surface area (Å²) in [6.07, 6.45) is 1.55. The number of oxime groups is 1. The number of nitrogens with zero attached hydrogens (tertiary/aromatic N) is 1. The largest absolute Gasteiger partial charge is 0.494 e. The van der Waals surface area contributed by atoms with Crippen molar-refractivity contribution in [3.05, 3.63) is 65.9 Å². The second-order valence-corrected chi connectivity index (χ2v) is 5.99. The van der Waals surface area contributed by atoms with Crippen molar-refractivity contribution in [1.29, 1.82) is 0 Å². The lowest BCUT2D eigenvalue weighted by Crippen LogP contribution is -2.29. The van der Waals surface area contributed by atoms with E-state index in [0.29, 0.717) is 12.4 Å². The van der Waals surface area contributed by atoms with Crippen LogP contribution in [0.25, 0.3) is 11.0 Å². The van der Waals surface area contributed by atoms with Crippen LogP contribution in [0, 0.1) is 0 Å². The van der Waals surface area contributed by atoms with Crippen LogP contribution in [0.2, 0.25) is 0 Å². The Balaban J connectivity index is 1.46. The van der Waals surface area contributed by atoms with Crippen molar-refractivity contribution in [1.82, 2.24) is 5.32 Å². The Morgan fingerprint density at radius 3 is 2.74 bits per heavy atom. The van der Waals surface area contributed by atoms with Crippen LogP contribution in [0.1, 0.15) is 31.2 Å². The van der Waals surface area contributed by atoms with Gasteiger partial charge in [-0.2, -0.15) is 0 Å². The van der Waals surface area contributed by atoms with Gasteiger partial charge in [-0.25, -0.2) is 0 Å². The molecule has 0 saturated carbocycles. The summed E-state index contributed by atoms with van der Waals surface area (Å²) in [6.45, 7) is 4.25. The van der Waals surface area contributed by atoms with Gasteiger partial charge < -0.3 is 19.3 Å². The molecule has 27 heavy (non-hydrogen) atoms. The number of nitrogens with one attached hydrogen (secondary N) is 1. The van der Waals surface area contributed by atoms with E-state index in [1.54, 1.807) is 6.21 Å². The highest BCUT2D eigenvalue weighted by Gasteiger charge is 2.14. The van der Waals surface area contributed by atoms with Crippen molar-refractivity contribution >= 4 is 23.1 Å². The standard InChI is InChI=1S/C21H22N2O4/c1-3-25-18-10-8-16(9-11-18)13-22-26-14-21(24)23-15(2)20-12-17-6-4-5-7-19(17)27-20/h4-13,15H,3,14H2,1-2H3,(H,23,24)/b22-13+. The molecule has 0 radical (unpaired) electrons. The molecule has 0 spiro atoms. The lowest BCUT2D eigenvalue weighted by molar-refractivity contribution is -0.126. The number of hydrogen-bond donors (Lipinski definition) is 1. The molecule has 6 nitrogen and oxygen atoms in total. The maximum absolute atomic E-state index is 12.0. The predicted molar refractivity (Wildman–Crippen MR) is 104 cm³/mol. The molecule has 0 aliphatic carbocycles. The molecule has 1 atom stereocenters.